The average Bonchev–Trinajstić information content (AvgIpc) is 2.58. The van der Waals surface area contributed by atoms with Gasteiger partial charge in [0.1, 0.15) is 0 Å². The second kappa shape index (κ2) is 5.83. The third-order valence-corrected chi connectivity index (χ3v) is 7.64. The van der Waals surface area contributed by atoms with E-state index in [4.69, 9.17) is 0 Å². The van der Waals surface area contributed by atoms with Gasteiger partial charge in [0.2, 0.25) is 10.0 Å². The fraction of sp³-hybridized carbons (Fsp3) is 0.538. The SMILES string of the molecule is CCS(=O)(=O)N1CCC(c2ccccc2)S(=O)(=O)CC1. The Morgan fingerprint density at radius 2 is 1.85 bits per heavy atom. The second-order valence-electron chi connectivity index (χ2n) is 4.85. The van der Waals surface area contributed by atoms with E-state index in [1.54, 1.807) is 31.2 Å². The van der Waals surface area contributed by atoms with E-state index >= 15 is 0 Å². The zero-order chi connectivity index (χ0) is 14.8. The second-order valence-corrected chi connectivity index (χ2v) is 9.42. The minimum atomic E-state index is -3.33. The van der Waals surface area contributed by atoms with Crippen molar-refractivity contribution in [1.82, 2.24) is 4.31 Å². The first-order valence-electron chi connectivity index (χ1n) is 6.61. The van der Waals surface area contributed by atoms with Gasteiger partial charge in [-0.3, -0.25) is 0 Å². The average molecular weight is 317 g/mol. The molecule has 2 rings (SSSR count). The molecule has 1 heterocycles. The topological polar surface area (TPSA) is 71.5 Å². The lowest BCUT2D eigenvalue weighted by atomic mass is 10.1. The van der Waals surface area contributed by atoms with Gasteiger partial charge in [0, 0.05) is 13.1 Å². The van der Waals surface area contributed by atoms with Gasteiger partial charge in [0.15, 0.2) is 9.84 Å². The summed E-state index contributed by atoms with van der Waals surface area (Å²) in [6.07, 6.45) is 0.311. The lowest BCUT2D eigenvalue weighted by Gasteiger charge is -2.18. The Hall–Kier alpha value is -0.920. The molecule has 1 aromatic rings. The van der Waals surface area contributed by atoms with Crippen LogP contribution in [0.2, 0.25) is 0 Å². The molecule has 0 spiro atoms. The van der Waals surface area contributed by atoms with Crippen molar-refractivity contribution in [1.29, 1.82) is 0 Å². The molecule has 1 unspecified atom stereocenters. The Balaban J connectivity index is 2.29. The first kappa shape index (κ1) is 15.5. The zero-order valence-electron chi connectivity index (χ0n) is 11.4. The van der Waals surface area contributed by atoms with E-state index in [9.17, 15) is 16.8 Å². The molecule has 5 nitrogen and oxygen atoms in total. The fourth-order valence-electron chi connectivity index (χ4n) is 2.43. The molecule has 1 atom stereocenters. The van der Waals surface area contributed by atoms with E-state index in [2.05, 4.69) is 0 Å². The van der Waals surface area contributed by atoms with Crippen LogP contribution in [0.5, 0.6) is 0 Å². The highest BCUT2D eigenvalue weighted by Crippen LogP contribution is 2.29. The van der Waals surface area contributed by atoms with Gasteiger partial charge in [0.05, 0.1) is 16.8 Å². The minimum Gasteiger partial charge on any atom is -0.228 e. The van der Waals surface area contributed by atoms with Crippen molar-refractivity contribution in [2.75, 3.05) is 24.6 Å². The number of nitrogens with zero attached hydrogens (tertiary/aromatic N) is 1. The molecule has 0 saturated carbocycles. The number of hydrogen-bond acceptors (Lipinski definition) is 4. The van der Waals surface area contributed by atoms with Crippen LogP contribution in [-0.4, -0.2) is 45.7 Å². The maximum absolute atomic E-state index is 12.3. The molecular weight excluding hydrogens is 298 g/mol. The van der Waals surface area contributed by atoms with Crippen LogP contribution in [-0.2, 0) is 19.9 Å². The van der Waals surface area contributed by atoms with Crippen molar-refractivity contribution < 1.29 is 16.8 Å². The summed E-state index contributed by atoms with van der Waals surface area (Å²) in [5, 5.41) is -0.610. The largest absolute Gasteiger partial charge is 0.228 e. The number of sulfone groups is 1. The lowest BCUT2D eigenvalue weighted by molar-refractivity contribution is 0.429. The van der Waals surface area contributed by atoms with Gasteiger partial charge < -0.3 is 0 Å². The smallest absolute Gasteiger partial charge is 0.213 e. The quantitative estimate of drug-likeness (QED) is 0.840. The van der Waals surface area contributed by atoms with E-state index in [1.165, 1.54) is 4.31 Å². The molecule has 0 aromatic heterocycles. The van der Waals surface area contributed by atoms with Crippen molar-refractivity contribution in [3.63, 3.8) is 0 Å². The standard InChI is InChI=1S/C13H19NO4S2/c1-2-20(17,18)14-9-8-13(19(15,16)11-10-14)12-6-4-3-5-7-12/h3-7,13H,2,8-11H2,1H3. The molecule has 0 amide bonds. The summed E-state index contributed by atoms with van der Waals surface area (Å²) in [6.45, 7) is 1.89. The molecule has 1 aromatic carbocycles. The highest BCUT2D eigenvalue weighted by molar-refractivity contribution is 7.92. The van der Waals surface area contributed by atoms with Crippen LogP contribution < -0.4 is 0 Å². The van der Waals surface area contributed by atoms with Gasteiger partial charge in [-0.25, -0.2) is 21.1 Å². The summed E-state index contributed by atoms with van der Waals surface area (Å²) >= 11 is 0. The Morgan fingerprint density at radius 3 is 2.45 bits per heavy atom. The highest BCUT2D eigenvalue weighted by Gasteiger charge is 2.34. The van der Waals surface area contributed by atoms with Gasteiger partial charge in [-0.1, -0.05) is 30.3 Å². The maximum Gasteiger partial charge on any atom is 0.213 e. The summed E-state index contributed by atoms with van der Waals surface area (Å²) < 4.78 is 49.8. The van der Waals surface area contributed by atoms with Crippen molar-refractivity contribution in [2.45, 2.75) is 18.6 Å². The summed E-state index contributed by atoms with van der Waals surface area (Å²) in [4.78, 5) is 0. The molecule has 0 radical (unpaired) electrons. The number of hydrogen-bond donors (Lipinski definition) is 0. The van der Waals surface area contributed by atoms with Crippen LogP contribution in [0.3, 0.4) is 0 Å². The molecule has 1 aliphatic rings. The third-order valence-electron chi connectivity index (χ3n) is 3.63. The van der Waals surface area contributed by atoms with Crippen molar-refractivity contribution in [3.05, 3.63) is 35.9 Å². The minimum absolute atomic E-state index is 0.00303. The summed E-state index contributed by atoms with van der Waals surface area (Å²) in [5.74, 6) is -0.116. The molecular formula is C13H19NO4S2. The third kappa shape index (κ3) is 3.21. The highest BCUT2D eigenvalue weighted by atomic mass is 32.2. The van der Waals surface area contributed by atoms with Crippen LogP contribution in [0.4, 0.5) is 0 Å². The molecule has 1 saturated heterocycles. The molecule has 0 N–H and O–H groups in total. The number of rotatable bonds is 3. The lowest BCUT2D eigenvalue weighted by Crippen LogP contribution is -2.34. The molecule has 1 aliphatic heterocycles. The van der Waals surface area contributed by atoms with Crippen molar-refractivity contribution >= 4 is 19.9 Å². The summed E-state index contributed by atoms with van der Waals surface area (Å²) in [7, 11) is -6.65. The van der Waals surface area contributed by atoms with Crippen LogP contribution >= 0.6 is 0 Å². The normalized spacial score (nSPS) is 24.1. The van der Waals surface area contributed by atoms with Crippen LogP contribution in [0.15, 0.2) is 30.3 Å². The molecule has 20 heavy (non-hydrogen) atoms. The van der Waals surface area contributed by atoms with E-state index in [0.29, 0.717) is 6.42 Å². The number of benzene rings is 1. The molecule has 7 heteroatoms. The van der Waals surface area contributed by atoms with Crippen molar-refractivity contribution in [2.24, 2.45) is 0 Å². The Bertz CT molecular complexity index is 653. The Labute approximate surface area is 120 Å². The fourth-order valence-corrected chi connectivity index (χ4v) is 5.46. The first-order chi connectivity index (χ1) is 9.37. The monoisotopic (exact) mass is 317 g/mol. The van der Waals surface area contributed by atoms with E-state index < -0.39 is 25.1 Å². The van der Waals surface area contributed by atoms with Gasteiger partial charge in [-0.2, -0.15) is 0 Å². The van der Waals surface area contributed by atoms with Gasteiger partial charge in [-0.05, 0) is 18.9 Å². The predicted octanol–water partition coefficient (Wildman–Crippen LogP) is 1.20. The molecule has 0 aliphatic carbocycles. The Morgan fingerprint density at radius 1 is 1.20 bits per heavy atom. The van der Waals surface area contributed by atoms with Gasteiger partial charge >= 0.3 is 0 Å². The number of sulfonamides is 1. The molecule has 1 fully saturated rings. The van der Waals surface area contributed by atoms with Crippen LogP contribution in [0.25, 0.3) is 0 Å². The van der Waals surface area contributed by atoms with Crippen molar-refractivity contribution in [3.8, 4) is 0 Å². The van der Waals surface area contributed by atoms with Crippen LogP contribution in [0, 0.1) is 0 Å². The van der Waals surface area contributed by atoms with E-state index in [0.717, 1.165) is 5.56 Å². The Kier molecular flexibility index (Phi) is 4.51. The summed E-state index contributed by atoms with van der Waals surface area (Å²) in [6, 6.07) is 9.01. The summed E-state index contributed by atoms with van der Waals surface area (Å²) in [5.41, 5.74) is 0.739. The maximum atomic E-state index is 12.3. The predicted molar refractivity (Wildman–Crippen MR) is 78.6 cm³/mol. The van der Waals surface area contributed by atoms with E-state index in [-0.39, 0.29) is 24.6 Å². The molecule has 112 valence electrons. The van der Waals surface area contributed by atoms with Gasteiger partial charge in [0.25, 0.3) is 0 Å². The zero-order valence-corrected chi connectivity index (χ0v) is 13.0. The van der Waals surface area contributed by atoms with E-state index in [1.807, 2.05) is 6.07 Å². The van der Waals surface area contributed by atoms with Gasteiger partial charge in [-0.15, -0.1) is 0 Å². The van der Waals surface area contributed by atoms with Crippen LogP contribution in [0.1, 0.15) is 24.2 Å². The molecule has 0 bridgehead atoms. The first-order valence-corrected chi connectivity index (χ1v) is 9.93.